The molecule has 0 aliphatic carbocycles. The Morgan fingerprint density at radius 3 is 2.44 bits per heavy atom. The Morgan fingerprint density at radius 2 is 2.06 bits per heavy atom. The Kier molecular flexibility index (Phi) is 3.92. The summed E-state index contributed by atoms with van der Waals surface area (Å²) in [5.41, 5.74) is 0.200. The average Bonchev–Trinajstić information content (AvgIpc) is 2.14. The molecule has 1 aromatic carbocycles. The molecule has 0 amide bonds. The lowest BCUT2D eigenvalue weighted by Gasteiger charge is -2.04. The quantitative estimate of drug-likeness (QED) is 0.485. The van der Waals surface area contributed by atoms with Crippen LogP contribution in [0.5, 0.6) is 0 Å². The molecule has 0 fully saturated rings. The summed E-state index contributed by atoms with van der Waals surface area (Å²) in [6.07, 6.45) is 0.428. The van der Waals surface area contributed by atoms with Gasteiger partial charge >= 0.3 is 0 Å². The first-order valence-corrected chi connectivity index (χ1v) is 7.29. The molecule has 88 valence electrons. The van der Waals surface area contributed by atoms with Gasteiger partial charge in [-0.15, -0.1) is 0 Å². The van der Waals surface area contributed by atoms with Crippen LogP contribution in [0.15, 0.2) is 21.5 Å². The molecule has 0 atom stereocenters. The van der Waals surface area contributed by atoms with E-state index < -0.39 is 14.0 Å². The highest BCUT2D eigenvalue weighted by Gasteiger charge is 2.22. The molecule has 0 saturated carbocycles. The Bertz CT molecular complexity index is 543. The molecular formula is C8H7BrClNO4S. The summed E-state index contributed by atoms with van der Waals surface area (Å²) in [7, 11) is 1.16. The van der Waals surface area contributed by atoms with Crippen molar-refractivity contribution in [1.82, 2.24) is 0 Å². The maximum absolute atomic E-state index is 11.1. The topological polar surface area (TPSA) is 77.3 Å². The van der Waals surface area contributed by atoms with Crippen LogP contribution >= 0.6 is 26.6 Å². The van der Waals surface area contributed by atoms with E-state index in [1.54, 1.807) is 6.92 Å². The lowest BCUT2D eigenvalue weighted by Crippen LogP contribution is -1.99. The Hall–Kier alpha value is -0.660. The number of hydrogen-bond acceptors (Lipinski definition) is 4. The molecule has 0 spiro atoms. The lowest BCUT2D eigenvalue weighted by atomic mass is 10.1. The van der Waals surface area contributed by atoms with E-state index in [4.69, 9.17) is 10.7 Å². The minimum atomic E-state index is -3.99. The fourth-order valence-electron chi connectivity index (χ4n) is 1.22. The van der Waals surface area contributed by atoms with Crippen LogP contribution in [0.2, 0.25) is 0 Å². The average molecular weight is 329 g/mol. The van der Waals surface area contributed by atoms with Crippen LogP contribution in [0.1, 0.15) is 12.5 Å². The molecule has 0 saturated heterocycles. The lowest BCUT2D eigenvalue weighted by molar-refractivity contribution is -0.385. The van der Waals surface area contributed by atoms with Gasteiger partial charge in [0.15, 0.2) is 0 Å². The van der Waals surface area contributed by atoms with Crippen molar-refractivity contribution in [2.24, 2.45) is 0 Å². The van der Waals surface area contributed by atoms with E-state index in [-0.39, 0.29) is 15.1 Å². The molecule has 16 heavy (non-hydrogen) atoms. The standard InChI is InChI=1S/C8H7BrClNO4S/c1-2-5-3-6(9)8(16(10,14)15)4-7(5)11(12)13/h3-4H,2H2,1H3. The Morgan fingerprint density at radius 1 is 1.50 bits per heavy atom. The van der Waals surface area contributed by atoms with Gasteiger partial charge in [-0.3, -0.25) is 10.1 Å². The molecule has 0 aliphatic heterocycles. The van der Waals surface area contributed by atoms with Crippen LogP contribution in [-0.2, 0) is 15.5 Å². The molecule has 0 bridgehead atoms. The SMILES string of the molecule is CCc1cc(Br)c(S(=O)(=O)Cl)cc1[N+](=O)[O-]. The zero-order chi connectivity index (χ0) is 12.5. The van der Waals surface area contributed by atoms with Gasteiger partial charge in [0.05, 0.1) is 4.92 Å². The highest BCUT2D eigenvalue weighted by molar-refractivity contribution is 9.10. The first-order chi connectivity index (χ1) is 7.27. The summed E-state index contributed by atoms with van der Waals surface area (Å²) in [4.78, 5) is 9.80. The van der Waals surface area contributed by atoms with E-state index in [9.17, 15) is 18.5 Å². The van der Waals surface area contributed by atoms with Crippen molar-refractivity contribution >= 4 is 41.4 Å². The zero-order valence-electron chi connectivity index (χ0n) is 8.11. The maximum Gasteiger partial charge on any atom is 0.274 e. The van der Waals surface area contributed by atoms with Gasteiger partial charge in [0, 0.05) is 26.8 Å². The molecular weight excluding hydrogens is 322 g/mol. The number of benzene rings is 1. The third-order valence-corrected chi connectivity index (χ3v) is 4.25. The smallest absolute Gasteiger partial charge is 0.258 e. The van der Waals surface area contributed by atoms with Crippen molar-refractivity contribution < 1.29 is 13.3 Å². The van der Waals surface area contributed by atoms with E-state index in [1.807, 2.05) is 0 Å². The van der Waals surface area contributed by atoms with Crippen molar-refractivity contribution in [1.29, 1.82) is 0 Å². The number of nitrogens with zero attached hydrogens (tertiary/aromatic N) is 1. The number of aryl methyl sites for hydroxylation is 1. The summed E-state index contributed by atoms with van der Waals surface area (Å²) in [6, 6.07) is 2.36. The molecule has 0 aromatic heterocycles. The summed E-state index contributed by atoms with van der Waals surface area (Å²) >= 11 is 3.02. The second kappa shape index (κ2) is 4.68. The van der Waals surface area contributed by atoms with Crippen LogP contribution in [0.25, 0.3) is 0 Å². The molecule has 0 unspecified atom stereocenters. The number of nitro groups is 1. The first kappa shape index (κ1) is 13.4. The number of hydrogen-bond donors (Lipinski definition) is 0. The molecule has 8 heteroatoms. The number of rotatable bonds is 3. The molecule has 0 N–H and O–H groups in total. The third kappa shape index (κ3) is 2.72. The monoisotopic (exact) mass is 327 g/mol. The molecule has 1 aromatic rings. The number of nitro benzene ring substituents is 1. The largest absolute Gasteiger partial charge is 0.274 e. The third-order valence-electron chi connectivity index (χ3n) is 1.97. The van der Waals surface area contributed by atoms with E-state index in [0.717, 1.165) is 6.07 Å². The summed E-state index contributed by atoms with van der Waals surface area (Å²) in [6.45, 7) is 1.74. The van der Waals surface area contributed by atoms with E-state index in [1.165, 1.54) is 6.07 Å². The van der Waals surface area contributed by atoms with Crippen LogP contribution in [0, 0.1) is 10.1 Å². The molecule has 0 radical (unpaired) electrons. The van der Waals surface area contributed by atoms with Crippen molar-refractivity contribution in [2.75, 3.05) is 0 Å². The predicted molar refractivity (Wildman–Crippen MR) is 63.2 cm³/mol. The van der Waals surface area contributed by atoms with Crippen LogP contribution < -0.4 is 0 Å². The van der Waals surface area contributed by atoms with E-state index >= 15 is 0 Å². The maximum atomic E-state index is 11.1. The normalized spacial score (nSPS) is 11.4. The summed E-state index contributed by atoms with van der Waals surface area (Å²) < 4.78 is 22.5. The van der Waals surface area contributed by atoms with E-state index in [0.29, 0.717) is 12.0 Å². The molecule has 0 heterocycles. The Labute approximate surface area is 105 Å². The summed E-state index contributed by atoms with van der Waals surface area (Å²) in [5, 5.41) is 10.7. The van der Waals surface area contributed by atoms with Crippen LogP contribution in [0.4, 0.5) is 5.69 Å². The van der Waals surface area contributed by atoms with Gasteiger partial charge in [-0.1, -0.05) is 6.92 Å². The molecule has 0 aliphatic rings. The molecule has 1 rings (SSSR count). The van der Waals surface area contributed by atoms with Gasteiger partial charge in [-0.25, -0.2) is 8.42 Å². The minimum Gasteiger partial charge on any atom is -0.258 e. The van der Waals surface area contributed by atoms with Gasteiger partial charge < -0.3 is 0 Å². The van der Waals surface area contributed by atoms with Crippen molar-refractivity contribution in [3.63, 3.8) is 0 Å². The first-order valence-electron chi connectivity index (χ1n) is 4.18. The van der Waals surface area contributed by atoms with Crippen molar-refractivity contribution in [2.45, 2.75) is 18.2 Å². The van der Waals surface area contributed by atoms with Crippen LogP contribution in [-0.4, -0.2) is 13.3 Å². The highest BCUT2D eigenvalue weighted by Crippen LogP contribution is 2.32. The minimum absolute atomic E-state index is 0.227. The fourth-order valence-corrected chi connectivity index (χ4v) is 3.46. The zero-order valence-corrected chi connectivity index (χ0v) is 11.3. The van der Waals surface area contributed by atoms with Gasteiger partial charge in [0.2, 0.25) is 0 Å². The van der Waals surface area contributed by atoms with Gasteiger partial charge in [-0.2, -0.15) is 0 Å². The summed E-state index contributed by atoms with van der Waals surface area (Å²) in [5.74, 6) is 0. The second-order valence-corrected chi connectivity index (χ2v) is 6.35. The van der Waals surface area contributed by atoms with Gasteiger partial charge in [0.1, 0.15) is 4.90 Å². The number of halogens is 2. The van der Waals surface area contributed by atoms with Gasteiger partial charge in [0.25, 0.3) is 14.7 Å². The van der Waals surface area contributed by atoms with Gasteiger partial charge in [-0.05, 0) is 28.4 Å². The fraction of sp³-hybridized carbons (Fsp3) is 0.250. The highest BCUT2D eigenvalue weighted by atomic mass is 79.9. The van der Waals surface area contributed by atoms with Crippen LogP contribution in [0.3, 0.4) is 0 Å². The predicted octanol–water partition coefficient (Wildman–Crippen LogP) is 2.85. The Balaban J connectivity index is 3.58. The van der Waals surface area contributed by atoms with E-state index in [2.05, 4.69) is 15.9 Å². The molecule has 5 nitrogen and oxygen atoms in total. The van der Waals surface area contributed by atoms with Crippen molar-refractivity contribution in [3.8, 4) is 0 Å². The van der Waals surface area contributed by atoms with Crippen molar-refractivity contribution in [3.05, 3.63) is 32.3 Å². The second-order valence-electron chi connectivity index (χ2n) is 2.96.